The summed E-state index contributed by atoms with van der Waals surface area (Å²) >= 11 is 0. The first-order chi connectivity index (χ1) is 12.6. The topological polar surface area (TPSA) is 54.0 Å². The van der Waals surface area contributed by atoms with Crippen molar-refractivity contribution in [3.8, 4) is 0 Å². The van der Waals surface area contributed by atoms with Gasteiger partial charge in [0, 0.05) is 17.8 Å². The van der Waals surface area contributed by atoms with Crippen molar-refractivity contribution in [2.45, 2.75) is 85.0 Å². The van der Waals surface area contributed by atoms with Crippen LogP contribution in [0, 0.1) is 23.7 Å². The second-order valence-electron chi connectivity index (χ2n) is 8.60. The highest BCUT2D eigenvalue weighted by Gasteiger charge is 2.45. The summed E-state index contributed by atoms with van der Waals surface area (Å²) in [5.41, 5.74) is 0. The summed E-state index contributed by atoms with van der Waals surface area (Å²) in [4.78, 5) is 0. The van der Waals surface area contributed by atoms with Crippen LogP contribution in [-0.4, -0.2) is 50.5 Å². The Bertz CT molecular complexity index is 527. The maximum atomic E-state index is 12.5. The monoisotopic (exact) mass is 397 g/mol. The summed E-state index contributed by atoms with van der Waals surface area (Å²) in [6.45, 7) is 14.5. The summed E-state index contributed by atoms with van der Waals surface area (Å²) in [6.07, 6.45) is 3.82. The van der Waals surface area contributed by atoms with Crippen LogP contribution in [0.1, 0.15) is 48.5 Å². The second-order valence-corrected chi connectivity index (χ2v) is 9.84. The lowest BCUT2D eigenvalue weighted by molar-refractivity contribution is -0.0330. The average molecular weight is 397 g/mol. The summed E-state index contributed by atoms with van der Waals surface area (Å²) < 4.78 is 35.8. The van der Waals surface area contributed by atoms with E-state index in [1.165, 1.54) is 6.26 Å². The van der Waals surface area contributed by atoms with Crippen molar-refractivity contribution in [2.24, 2.45) is 23.7 Å². The highest BCUT2D eigenvalue weighted by atomic mass is 31.1. The molecule has 3 unspecified atom stereocenters. The molecule has 2 aliphatic rings. The minimum Gasteiger partial charge on any atom is -0.384 e. The van der Waals surface area contributed by atoms with Gasteiger partial charge in [-0.3, -0.25) is 4.52 Å². The zero-order chi connectivity index (χ0) is 20.3. The maximum Gasteiger partial charge on any atom is 0.555 e. The van der Waals surface area contributed by atoms with E-state index in [-0.39, 0.29) is 48.4 Å². The van der Waals surface area contributed by atoms with Gasteiger partial charge in [-0.15, -0.1) is 0 Å². The molecule has 2 heterocycles. The molecule has 2 rings (SSSR count). The van der Waals surface area contributed by atoms with E-state index >= 15 is 0 Å². The first-order valence-corrected chi connectivity index (χ1v) is 11.5. The number of hydrogen-bond donors (Lipinski definition) is 0. The first-order valence-electron chi connectivity index (χ1n) is 10.1. The minimum absolute atomic E-state index is 0.0187. The van der Waals surface area contributed by atoms with Crippen LogP contribution in [0.4, 0.5) is 0 Å². The third-order valence-electron chi connectivity index (χ3n) is 5.78. The molecule has 0 spiro atoms. The van der Waals surface area contributed by atoms with Crippen molar-refractivity contribution in [3.63, 3.8) is 0 Å². The lowest BCUT2D eigenvalue weighted by atomic mass is 9.80. The number of hydrogen-bond acceptors (Lipinski definition) is 5. The molecule has 0 aromatic heterocycles. The molecule has 7 heteroatoms. The van der Waals surface area contributed by atoms with E-state index < -0.39 is 8.03 Å². The molecule has 5 nitrogen and oxygen atoms in total. The molecule has 152 valence electrons. The zero-order valence-corrected chi connectivity index (χ0v) is 18.6. The Kier molecular flexibility index (Phi) is 8.36. The summed E-state index contributed by atoms with van der Waals surface area (Å²) in [7, 11) is 4.20. The van der Waals surface area contributed by atoms with Crippen LogP contribution >= 0.6 is 8.03 Å². The van der Waals surface area contributed by atoms with Crippen LogP contribution in [0.5, 0.6) is 0 Å². The van der Waals surface area contributed by atoms with Crippen LogP contribution in [0.3, 0.4) is 0 Å². The van der Waals surface area contributed by atoms with Gasteiger partial charge in [-0.25, -0.2) is 0 Å². The molecule has 27 heavy (non-hydrogen) atoms. The maximum absolute atomic E-state index is 12.5. The summed E-state index contributed by atoms with van der Waals surface area (Å²) in [6, 6.07) is -0.301. The van der Waals surface area contributed by atoms with Crippen molar-refractivity contribution in [3.05, 3.63) is 12.3 Å². The molecule has 9 atom stereocenters. The van der Waals surface area contributed by atoms with E-state index in [2.05, 4.69) is 27.7 Å². The van der Waals surface area contributed by atoms with E-state index in [0.717, 1.165) is 0 Å². The van der Waals surface area contributed by atoms with Gasteiger partial charge in [0.25, 0.3) is 0 Å². The van der Waals surface area contributed by atoms with Gasteiger partial charge in [0.2, 0.25) is 0 Å². The van der Waals surface area contributed by atoms with Gasteiger partial charge in [0.15, 0.2) is 6.16 Å². The van der Waals surface area contributed by atoms with Crippen LogP contribution in [-0.2, 0) is 23.3 Å². The van der Waals surface area contributed by atoms with Crippen LogP contribution < -0.4 is 0 Å². The third kappa shape index (κ3) is 5.79. The molecule has 0 aromatic rings. The Morgan fingerprint density at radius 1 is 1.11 bits per heavy atom. The Morgan fingerprint density at radius 2 is 1.78 bits per heavy atom. The molecule has 2 aliphatic heterocycles. The van der Waals surface area contributed by atoms with Gasteiger partial charge in [0.05, 0.1) is 24.4 Å². The second kappa shape index (κ2) is 9.87. The van der Waals surface area contributed by atoms with Crippen molar-refractivity contribution in [2.75, 3.05) is 6.16 Å². The molecule has 0 N–H and O–H groups in total. The van der Waals surface area contributed by atoms with Gasteiger partial charge in [-0.2, -0.15) is 0 Å². The quantitative estimate of drug-likeness (QED) is 0.348. The number of rotatable bonds is 8. The molecule has 2 radical (unpaired) electrons. The average Bonchev–Trinajstić information content (AvgIpc) is 3.00. The fourth-order valence-electron chi connectivity index (χ4n) is 3.95. The van der Waals surface area contributed by atoms with Crippen LogP contribution in [0.2, 0.25) is 0 Å². The van der Waals surface area contributed by atoms with Crippen molar-refractivity contribution < 1.29 is 23.3 Å². The SMILES string of the molecule is [B][C@@H]1O[C@H](C(C)C)C(C[P+](=O)OC=C[C@H]2O[C@@H](C)[C@@H](C)C2OC(C)C)[C@@H]1C. The molecular weight excluding hydrogens is 362 g/mol. The number of ether oxygens (including phenoxy) is 3. The van der Waals surface area contributed by atoms with Crippen molar-refractivity contribution in [1.82, 2.24) is 0 Å². The van der Waals surface area contributed by atoms with E-state index in [9.17, 15) is 4.57 Å². The predicted molar refractivity (Wildman–Crippen MR) is 108 cm³/mol. The summed E-state index contributed by atoms with van der Waals surface area (Å²) in [5.74, 6) is 0.916. The van der Waals surface area contributed by atoms with E-state index in [1.807, 2.05) is 26.8 Å². The Balaban J connectivity index is 1.90. The summed E-state index contributed by atoms with van der Waals surface area (Å²) in [5, 5.41) is 0. The first kappa shape index (κ1) is 22.9. The third-order valence-corrected chi connectivity index (χ3v) is 6.85. The van der Waals surface area contributed by atoms with Crippen LogP contribution in [0.15, 0.2) is 12.3 Å². The lowest BCUT2D eigenvalue weighted by Crippen LogP contribution is -2.30. The Labute approximate surface area is 166 Å². The fourth-order valence-corrected chi connectivity index (χ4v) is 5.13. The van der Waals surface area contributed by atoms with E-state index in [4.69, 9.17) is 26.6 Å². The Morgan fingerprint density at radius 3 is 2.37 bits per heavy atom. The standard InChI is InChI=1S/C20H35BO5P/c1-11(2)18-16(14(6)20(21)26-18)10-27(22)23-9-8-17-19(24-12(3)4)13(5)15(7)25-17/h8-9,11-20H,10H2,1-7H3/q+1/t13-,14+,15+,16?,17-,18-,19?,20-/m1/s1. The van der Waals surface area contributed by atoms with Crippen molar-refractivity contribution in [1.29, 1.82) is 0 Å². The molecule has 0 aliphatic carbocycles. The predicted octanol–water partition coefficient (Wildman–Crippen LogP) is 4.28. The highest BCUT2D eigenvalue weighted by molar-refractivity contribution is 7.39. The molecule has 2 saturated heterocycles. The largest absolute Gasteiger partial charge is 0.555 e. The molecule has 0 amide bonds. The Hall–Kier alpha value is -0.415. The van der Waals surface area contributed by atoms with E-state index in [0.29, 0.717) is 18.0 Å². The van der Waals surface area contributed by atoms with Gasteiger partial charge in [-0.05, 0) is 43.2 Å². The van der Waals surface area contributed by atoms with Gasteiger partial charge in [0.1, 0.15) is 20.2 Å². The molecule has 2 fully saturated rings. The van der Waals surface area contributed by atoms with Gasteiger partial charge in [-0.1, -0.05) is 27.7 Å². The lowest BCUT2D eigenvalue weighted by Gasteiger charge is -2.22. The highest BCUT2D eigenvalue weighted by Crippen LogP contribution is 2.41. The molecule has 0 aromatic carbocycles. The zero-order valence-electron chi connectivity index (χ0n) is 17.7. The molecular formula is C20H35BO5P+. The fraction of sp³-hybridized carbons (Fsp3) is 0.900. The van der Waals surface area contributed by atoms with Crippen molar-refractivity contribution >= 4 is 15.9 Å². The van der Waals surface area contributed by atoms with Crippen LogP contribution in [0.25, 0.3) is 0 Å². The van der Waals surface area contributed by atoms with Gasteiger partial charge < -0.3 is 14.2 Å². The van der Waals surface area contributed by atoms with E-state index in [1.54, 1.807) is 0 Å². The normalized spacial score (nSPS) is 40.4. The smallest absolute Gasteiger partial charge is 0.384 e. The van der Waals surface area contributed by atoms with Gasteiger partial charge >= 0.3 is 8.03 Å². The molecule has 0 bridgehead atoms. The minimum atomic E-state index is -1.83. The molecule has 0 saturated carbocycles.